The first-order chi connectivity index (χ1) is 9.31. The number of piperidine rings is 1. The highest BCUT2D eigenvalue weighted by atomic mass is 35.5. The van der Waals surface area contributed by atoms with Gasteiger partial charge in [-0.3, -0.25) is 4.79 Å². The van der Waals surface area contributed by atoms with Crippen LogP contribution >= 0.6 is 12.4 Å². The molecule has 0 aliphatic carbocycles. The molecule has 1 aliphatic rings. The van der Waals surface area contributed by atoms with Crippen LogP contribution in [0.3, 0.4) is 0 Å². The molecule has 0 saturated carbocycles. The lowest BCUT2D eigenvalue weighted by atomic mass is 9.79. The van der Waals surface area contributed by atoms with E-state index < -0.39 is 0 Å². The van der Waals surface area contributed by atoms with Gasteiger partial charge in [-0.15, -0.1) is 12.4 Å². The molecule has 1 aromatic rings. The van der Waals surface area contributed by atoms with Gasteiger partial charge in [-0.2, -0.15) is 0 Å². The van der Waals surface area contributed by atoms with Crippen LogP contribution in [-0.2, 0) is 0 Å². The van der Waals surface area contributed by atoms with Gasteiger partial charge in [0.2, 0.25) is 0 Å². The predicted molar refractivity (Wildman–Crippen MR) is 90.3 cm³/mol. The Morgan fingerprint density at radius 2 is 2.05 bits per heavy atom. The van der Waals surface area contributed by atoms with Crippen LogP contribution in [0.4, 0.5) is 5.69 Å². The number of nitrogens with zero attached hydrogens (tertiary/aromatic N) is 2. The Morgan fingerprint density at radius 1 is 1.38 bits per heavy atom. The van der Waals surface area contributed by atoms with Gasteiger partial charge in [0.25, 0.3) is 5.91 Å². The van der Waals surface area contributed by atoms with Gasteiger partial charge in [-0.25, -0.2) is 0 Å². The van der Waals surface area contributed by atoms with Crippen molar-refractivity contribution < 1.29 is 4.79 Å². The number of benzene rings is 1. The summed E-state index contributed by atoms with van der Waals surface area (Å²) in [4.78, 5) is 16.6. The topological polar surface area (TPSA) is 49.6 Å². The summed E-state index contributed by atoms with van der Waals surface area (Å²) in [7, 11) is 3.96. The number of hydrogen-bond acceptors (Lipinski definition) is 3. The molecular weight excluding hydrogens is 286 g/mol. The van der Waals surface area contributed by atoms with Crippen molar-refractivity contribution in [1.82, 2.24) is 4.90 Å². The Kier molecular flexibility index (Phi) is 5.65. The smallest absolute Gasteiger partial charge is 0.253 e. The SMILES string of the molecule is CN(C)c1cccc(C(=O)N2CCC(N)C(C)(C)C2)c1.Cl. The van der Waals surface area contributed by atoms with Crippen molar-refractivity contribution in [3.8, 4) is 0 Å². The van der Waals surface area contributed by atoms with E-state index in [1.165, 1.54) is 0 Å². The van der Waals surface area contributed by atoms with Gasteiger partial charge in [0.15, 0.2) is 0 Å². The van der Waals surface area contributed by atoms with Crippen LogP contribution in [0, 0.1) is 5.41 Å². The first-order valence-corrected chi connectivity index (χ1v) is 7.13. The second-order valence-corrected chi connectivity index (χ2v) is 6.56. The summed E-state index contributed by atoms with van der Waals surface area (Å²) in [5.74, 6) is 0.105. The van der Waals surface area contributed by atoms with E-state index in [-0.39, 0.29) is 29.8 Å². The third-order valence-corrected chi connectivity index (χ3v) is 4.21. The van der Waals surface area contributed by atoms with Crippen LogP contribution in [0.15, 0.2) is 24.3 Å². The fourth-order valence-electron chi connectivity index (χ4n) is 2.65. The molecule has 1 fully saturated rings. The van der Waals surface area contributed by atoms with Crippen LogP contribution in [0.2, 0.25) is 0 Å². The summed E-state index contributed by atoms with van der Waals surface area (Å²) >= 11 is 0. The number of nitrogens with two attached hydrogens (primary N) is 1. The fourth-order valence-corrected chi connectivity index (χ4v) is 2.65. The third-order valence-electron chi connectivity index (χ3n) is 4.21. The zero-order valence-corrected chi connectivity index (χ0v) is 14.1. The van der Waals surface area contributed by atoms with Gasteiger partial charge in [0, 0.05) is 44.5 Å². The summed E-state index contributed by atoms with van der Waals surface area (Å²) in [6.07, 6.45) is 0.867. The summed E-state index contributed by atoms with van der Waals surface area (Å²) in [5, 5.41) is 0. The van der Waals surface area contributed by atoms with Gasteiger partial charge in [-0.05, 0) is 30.0 Å². The Hall–Kier alpha value is -1.26. The molecule has 1 heterocycles. The molecule has 1 aromatic carbocycles. The number of carbonyl (C=O) groups excluding carboxylic acids is 1. The molecule has 1 amide bonds. The van der Waals surface area contributed by atoms with Crippen molar-refractivity contribution >= 4 is 24.0 Å². The minimum absolute atomic E-state index is 0. The van der Waals surface area contributed by atoms with E-state index in [1.807, 2.05) is 48.2 Å². The molecular formula is C16H26ClN3O. The van der Waals surface area contributed by atoms with Gasteiger partial charge in [0.05, 0.1) is 0 Å². The largest absolute Gasteiger partial charge is 0.378 e. The van der Waals surface area contributed by atoms with Gasteiger partial charge in [0.1, 0.15) is 0 Å². The minimum atomic E-state index is -0.0208. The molecule has 2 rings (SSSR count). The standard InChI is InChI=1S/C16H25N3O.ClH/c1-16(2)11-19(9-8-14(16)17)15(20)12-6-5-7-13(10-12)18(3)4;/h5-7,10,14H,8-9,11,17H2,1-4H3;1H. The van der Waals surface area contributed by atoms with Crippen molar-refractivity contribution in [2.75, 3.05) is 32.1 Å². The second kappa shape index (κ2) is 6.67. The Balaban J connectivity index is 0.00000220. The molecule has 5 heteroatoms. The average molecular weight is 312 g/mol. The summed E-state index contributed by atoms with van der Waals surface area (Å²) in [6.45, 7) is 5.73. The average Bonchev–Trinajstić information content (AvgIpc) is 2.41. The van der Waals surface area contributed by atoms with Crippen molar-refractivity contribution in [3.63, 3.8) is 0 Å². The highest BCUT2D eigenvalue weighted by molar-refractivity contribution is 5.95. The first kappa shape index (κ1) is 17.8. The minimum Gasteiger partial charge on any atom is -0.378 e. The predicted octanol–water partition coefficient (Wildman–Crippen LogP) is 2.37. The molecule has 21 heavy (non-hydrogen) atoms. The molecule has 2 N–H and O–H groups in total. The highest BCUT2D eigenvalue weighted by Crippen LogP contribution is 2.28. The monoisotopic (exact) mass is 311 g/mol. The molecule has 0 aromatic heterocycles. The summed E-state index contributed by atoms with van der Waals surface area (Å²) in [6, 6.07) is 7.94. The molecule has 0 spiro atoms. The number of amides is 1. The molecule has 1 unspecified atom stereocenters. The number of hydrogen-bond donors (Lipinski definition) is 1. The number of halogens is 1. The number of rotatable bonds is 2. The lowest BCUT2D eigenvalue weighted by Crippen LogP contribution is -2.54. The molecule has 0 bridgehead atoms. The Labute approximate surface area is 133 Å². The normalized spacial score (nSPS) is 20.6. The maximum atomic E-state index is 12.6. The van der Waals surface area contributed by atoms with E-state index in [1.54, 1.807) is 0 Å². The van der Waals surface area contributed by atoms with E-state index in [0.717, 1.165) is 30.8 Å². The molecule has 0 radical (unpaired) electrons. The van der Waals surface area contributed by atoms with E-state index >= 15 is 0 Å². The fraction of sp³-hybridized carbons (Fsp3) is 0.562. The van der Waals surface area contributed by atoms with Crippen LogP contribution < -0.4 is 10.6 Å². The molecule has 118 valence electrons. The van der Waals surface area contributed by atoms with Crippen LogP contribution in [0.5, 0.6) is 0 Å². The Morgan fingerprint density at radius 3 is 2.62 bits per heavy atom. The van der Waals surface area contributed by atoms with E-state index in [0.29, 0.717) is 0 Å². The highest BCUT2D eigenvalue weighted by Gasteiger charge is 2.35. The zero-order valence-electron chi connectivity index (χ0n) is 13.3. The van der Waals surface area contributed by atoms with E-state index in [9.17, 15) is 4.79 Å². The van der Waals surface area contributed by atoms with E-state index in [4.69, 9.17) is 5.73 Å². The van der Waals surface area contributed by atoms with Gasteiger partial charge < -0.3 is 15.5 Å². The van der Waals surface area contributed by atoms with Crippen LogP contribution in [0.1, 0.15) is 30.6 Å². The first-order valence-electron chi connectivity index (χ1n) is 7.13. The number of carbonyl (C=O) groups is 1. The van der Waals surface area contributed by atoms with Crippen LogP contribution in [-0.4, -0.2) is 44.0 Å². The lowest BCUT2D eigenvalue weighted by Gasteiger charge is -2.42. The van der Waals surface area contributed by atoms with Crippen molar-refractivity contribution in [2.24, 2.45) is 11.1 Å². The van der Waals surface area contributed by atoms with Crippen molar-refractivity contribution in [3.05, 3.63) is 29.8 Å². The lowest BCUT2D eigenvalue weighted by molar-refractivity contribution is 0.0533. The van der Waals surface area contributed by atoms with Gasteiger partial charge >= 0.3 is 0 Å². The van der Waals surface area contributed by atoms with Crippen molar-refractivity contribution in [1.29, 1.82) is 0 Å². The summed E-state index contributed by atoms with van der Waals surface area (Å²) < 4.78 is 0. The van der Waals surface area contributed by atoms with Crippen molar-refractivity contribution in [2.45, 2.75) is 26.3 Å². The maximum absolute atomic E-state index is 12.6. The van der Waals surface area contributed by atoms with Crippen LogP contribution in [0.25, 0.3) is 0 Å². The molecule has 4 nitrogen and oxygen atoms in total. The molecule has 1 saturated heterocycles. The number of likely N-dealkylation sites (tertiary alicyclic amines) is 1. The Bertz CT molecular complexity index is 502. The summed E-state index contributed by atoms with van der Waals surface area (Å²) in [5.41, 5.74) is 7.91. The number of anilines is 1. The molecule has 1 atom stereocenters. The van der Waals surface area contributed by atoms with Gasteiger partial charge in [-0.1, -0.05) is 19.9 Å². The second-order valence-electron chi connectivity index (χ2n) is 6.56. The zero-order chi connectivity index (χ0) is 14.9. The van der Waals surface area contributed by atoms with E-state index in [2.05, 4.69) is 13.8 Å². The maximum Gasteiger partial charge on any atom is 0.253 e. The quantitative estimate of drug-likeness (QED) is 0.912. The molecule has 1 aliphatic heterocycles. The third kappa shape index (κ3) is 3.89.